The number of benzene rings is 9. The number of aromatic nitrogens is 2. The predicted octanol–water partition coefficient (Wildman–Crippen LogP) is 14.5. The van der Waals surface area contributed by atoms with Gasteiger partial charge in [0.05, 0.1) is 27.8 Å². The number of hydrogen-bond donors (Lipinski definition) is 0. The van der Waals surface area contributed by atoms with Gasteiger partial charge in [0.2, 0.25) is 0 Å². The summed E-state index contributed by atoms with van der Waals surface area (Å²) in [6.45, 7) is 0. The third-order valence-corrected chi connectivity index (χ3v) is 11.3. The molecule has 0 atom stereocenters. The van der Waals surface area contributed by atoms with Crippen molar-refractivity contribution in [2.24, 2.45) is 0 Å². The van der Waals surface area contributed by atoms with Crippen LogP contribution in [0.4, 0.5) is 0 Å². The Morgan fingerprint density at radius 2 is 0.643 bits per heavy atom. The summed E-state index contributed by atoms with van der Waals surface area (Å²) in [5.74, 6) is 0. The number of rotatable bonds is 6. The summed E-state index contributed by atoms with van der Waals surface area (Å²) in [7, 11) is 0. The fourth-order valence-electron chi connectivity index (χ4n) is 8.94. The summed E-state index contributed by atoms with van der Waals surface area (Å²) in [6.07, 6.45) is 0. The molecule has 262 valence electrons. The standard InChI is InChI=1S/C54H36N2/c1-5-18-37(19-6-1)42-27-16-32-50-52(42)46-26-13-14-31-48(46)55(50)41-34-35-49-47(36-41)53-43(38-20-7-2-8-21-38)28-17-33-51(53)56(49)54-44(39-22-9-3-10-23-39)29-15-30-45(54)40-24-11-4-12-25-40/h1-36H. The molecule has 0 aliphatic carbocycles. The first-order valence-electron chi connectivity index (χ1n) is 19.3. The molecule has 0 saturated heterocycles. The number of nitrogens with zero attached hydrogens (tertiary/aromatic N) is 2. The second-order valence-electron chi connectivity index (χ2n) is 14.5. The monoisotopic (exact) mass is 712 g/mol. The molecule has 2 heterocycles. The third-order valence-electron chi connectivity index (χ3n) is 11.3. The molecule has 0 N–H and O–H groups in total. The molecule has 0 unspecified atom stereocenters. The lowest BCUT2D eigenvalue weighted by Crippen LogP contribution is -2.01. The van der Waals surface area contributed by atoms with Crippen LogP contribution >= 0.6 is 0 Å². The van der Waals surface area contributed by atoms with Crippen molar-refractivity contribution in [2.75, 3.05) is 0 Å². The lowest BCUT2D eigenvalue weighted by molar-refractivity contribution is 1.17. The molecule has 2 nitrogen and oxygen atoms in total. The van der Waals surface area contributed by atoms with Gasteiger partial charge >= 0.3 is 0 Å². The van der Waals surface area contributed by atoms with E-state index in [4.69, 9.17) is 0 Å². The quantitative estimate of drug-likeness (QED) is 0.162. The topological polar surface area (TPSA) is 9.86 Å². The van der Waals surface area contributed by atoms with Crippen LogP contribution in [0.15, 0.2) is 218 Å². The van der Waals surface area contributed by atoms with Crippen molar-refractivity contribution in [3.8, 4) is 55.9 Å². The second kappa shape index (κ2) is 13.2. The maximum absolute atomic E-state index is 2.52. The van der Waals surface area contributed by atoms with Crippen LogP contribution in [0.2, 0.25) is 0 Å². The van der Waals surface area contributed by atoms with Crippen LogP contribution in [0.1, 0.15) is 0 Å². The second-order valence-corrected chi connectivity index (χ2v) is 14.5. The molecule has 0 aliphatic rings. The van der Waals surface area contributed by atoms with Gasteiger partial charge in [-0.3, -0.25) is 0 Å². The molecular weight excluding hydrogens is 677 g/mol. The molecule has 2 heteroatoms. The van der Waals surface area contributed by atoms with Crippen LogP contribution in [0.5, 0.6) is 0 Å². The van der Waals surface area contributed by atoms with Crippen LogP contribution < -0.4 is 0 Å². The van der Waals surface area contributed by atoms with E-state index in [-0.39, 0.29) is 0 Å². The lowest BCUT2D eigenvalue weighted by atomic mass is 9.95. The van der Waals surface area contributed by atoms with Gasteiger partial charge < -0.3 is 9.13 Å². The Morgan fingerprint density at radius 1 is 0.250 bits per heavy atom. The van der Waals surface area contributed by atoms with E-state index < -0.39 is 0 Å². The van der Waals surface area contributed by atoms with Gasteiger partial charge in [-0.25, -0.2) is 0 Å². The molecular formula is C54H36N2. The van der Waals surface area contributed by atoms with Crippen LogP contribution in [-0.2, 0) is 0 Å². The maximum atomic E-state index is 2.52. The molecule has 0 spiro atoms. The zero-order valence-electron chi connectivity index (χ0n) is 30.7. The molecule has 0 radical (unpaired) electrons. The van der Waals surface area contributed by atoms with Gasteiger partial charge in [0, 0.05) is 38.4 Å². The van der Waals surface area contributed by atoms with E-state index in [9.17, 15) is 0 Å². The van der Waals surface area contributed by atoms with Crippen molar-refractivity contribution in [2.45, 2.75) is 0 Å². The molecule has 9 aromatic carbocycles. The SMILES string of the molecule is c1ccc(-c2cccc(-c3ccccc3)c2-n2c3ccc(-n4c5ccccc5c5c(-c6ccccc6)cccc54)cc3c3c(-c4ccccc4)cccc32)cc1. The highest BCUT2D eigenvalue weighted by molar-refractivity contribution is 6.19. The van der Waals surface area contributed by atoms with Crippen molar-refractivity contribution >= 4 is 43.6 Å². The summed E-state index contributed by atoms with van der Waals surface area (Å²) in [6, 6.07) is 79.4. The largest absolute Gasteiger partial charge is 0.309 e. The van der Waals surface area contributed by atoms with Crippen LogP contribution in [0, 0.1) is 0 Å². The van der Waals surface area contributed by atoms with E-state index >= 15 is 0 Å². The van der Waals surface area contributed by atoms with Crippen molar-refractivity contribution in [1.29, 1.82) is 0 Å². The van der Waals surface area contributed by atoms with E-state index in [0.29, 0.717) is 0 Å². The molecule has 11 aromatic rings. The Labute approximate surface area is 325 Å². The average molecular weight is 713 g/mol. The van der Waals surface area contributed by atoms with Gasteiger partial charge in [-0.2, -0.15) is 0 Å². The Kier molecular flexibility index (Phi) is 7.53. The summed E-state index contributed by atoms with van der Waals surface area (Å²) < 4.78 is 4.98. The van der Waals surface area contributed by atoms with Crippen molar-refractivity contribution < 1.29 is 0 Å². The number of hydrogen-bond acceptors (Lipinski definition) is 0. The van der Waals surface area contributed by atoms with Gasteiger partial charge in [-0.05, 0) is 69.8 Å². The smallest absolute Gasteiger partial charge is 0.0618 e. The molecule has 11 rings (SSSR count). The fraction of sp³-hybridized carbons (Fsp3) is 0. The van der Waals surface area contributed by atoms with Gasteiger partial charge in [0.25, 0.3) is 0 Å². The molecule has 0 fully saturated rings. The minimum atomic E-state index is 1.13. The highest BCUT2D eigenvalue weighted by atomic mass is 15.0. The maximum Gasteiger partial charge on any atom is 0.0618 e. The minimum Gasteiger partial charge on any atom is -0.309 e. The molecule has 0 saturated carbocycles. The molecule has 0 aliphatic heterocycles. The fourth-order valence-corrected chi connectivity index (χ4v) is 8.94. The van der Waals surface area contributed by atoms with Crippen LogP contribution in [0.3, 0.4) is 0 Å². The Morgan fingerprint density at radius 3 is 1.20 bits per heavy atom. The summed E-state index contributed by atoms with van der Waals surface area (Å²) in [5, 5.41) is 4.97. The molecule has 56 heavy (non-hydrogen) atoms. The van der Waals surface area contributed by atoms with E-state index in [1.165, 1.54) is 93.8 Å². The predicted molar refractivity (Wildman–Crippen MR) is 237 cm³/mol. The van der Waals surface area contributed by atoms with Gasteiger partial charge in [0.15, 0.2) is 0 Å². The van der Waals surface area contributed by atoms with Crippen LogP contribution in [0.25, 0.3) is 99.5 Å². The first kappa shape index (κ1) is 32.0. The highest BCUT2D eigenvalue weighted by Crippen LogP contribution is 2.45. The molecule has 0 bridgehead atoms. The first-order valence-corrected chi connectivity index (χ1v) is 19.3. The van der Waals surface area contributed by atoms with E-state index in [1.54, 1.807) is 0 Å². The Bertz CT molecular complexity index is 3150. The van der Waals surface area contributed by atoms with Gasteiger partial charge in [-0.15, -0.1) is 0 Å². The molecule has 2 aromatic heterocycles. The molecule has 0 amide bonds. The Balaban J connectivity index is 1.27. The number of para-hydroxylation sites is 2. The van der Waals surface area contributed by atoms with Crippen molar-refractivity contribution in [1.82, 2.24) is 9.13 Å². The average Bonchev–Trinajstić information content (AvgIpc) is 3.80. The zero-order chi connectivity index (χ0) is 37.0. The minimum absolute atomic E-state index is 1.13. The van der Waals surface area contributed by atoms with E-state index in [0.717, 1.165) is 5.69 Å². The zero-order valence-corrected chi connectivity index (χ0v) is 30.7. The van der Waals surface area contributed by atoms with E-state index in [1.807, 2.05) is 0 Å². The van der Waals surface area contributed by atoms with E-state index in [2.05, 4.69) is 228 Å². The van der Waals surface area contributed by atoms with Gasteiger partial charge in [-0.1, -0.05) is 182 Å². The van der Waals surface area contributed by atoms with Crippen molar-refractivity contribution in [3.05, 3.63) is 218 Å². The highest BCUT2D eigenvalue weighted by Gasteiger charge is 2.23. The summed E-state index contributed by atoms with van der Waals surface area (Å²) in [4.78, 5) is 0. The third kappa shape index (κ3) is 5.04. The normalized spacial score (nSPS) is 11.6. The Hall–Kier alpha value is -7.42. The van der Waals surface area contributed by atoms with Crippen LogP contribution in [-0.4, -0.2) is 9.13 Å². The summed E-state index contributed by atoms with van der Waals surface area (Å²) >= 11 is 0. The lowest BCUT2D eigenvalue weighted by Gasteiger charge is -2.19. The number of fused-ring (bicyclic) bond motifs is 6. The summed E-state index contributed by atoms with van der Waals surface area (Å²) in [5.41, 5.74) is 16.7. The van der Waals surface area contributed by atoms with Crippen molar-refractivity contribution in [3.63, 3.8) is 0 Å². The van der Waals surface area contributed by atoms with Gasteiger partial charge in [0.1, 0.15) is 0 Å². The first-order chi connectivity index (χ1) is 27.8.